The number of rotatable bonds is 8. The van der Waals surface area contributed by atoms with E-state index in [4.69, 9.17) is 5.11 Å². The lowest BCUT2D eigenvalue weighted by molar-refractivity contribution is 0.0943. The van der Waals surface area contributed by atoms with Crippen LogP contribution in [0.25, 0.3) is 5.69 Å². The van der Waals surface area contributed by atoms with Crippen molar-refractivity contribution >= 4 is 5.91 Å². The van der Waals surface area contributed by atoms with E-state index in [-0.39, 0.29) is 12.5 Å². The number of benzene rings is 1. The third-order valence-electron chi connectivity index (χ3n) is 3.60. The van der Waals surface area contributed by atoms with Crippen LogP contribution in [-0.4, -0.2) is 38.9 Å². The maximum Gasteiger partial charge on any atom is 0.251 e. The van der Waals surface area contributed by atoms with Gasteiger partial charge in [-0.15, -0.1) is 0 Å². The van der Waals surface area contributed by atoms with Crippen LogP contribution in [0.5, 0.6) is 0 Å². The fraction of sp³-hybridized carbons (Fsp3) is 0.438. The summed E-state index contributed by atoms with van der Waals surface area (Å²) in [4.78, 5) is 16.0. The standard InChI is InChI=1S/C16H22N4O2/c1-2-3-13(8-9-21)10-18-16(22)14-4-6-15(7-5-14)20-12-17-11-19-20/h4-7,11-13,21H,2-3,8-10H2,1H3,(H,18,22). The van der Waals surface area contributed by atoms with E-state index in [1.165, 1.54) is 6.33 Å². The molecule has 0 bridgehead atoms. The van der Waals surface area contributed by atoms with Gasteiger partial charge in [0.1, 0.15) is 12.7 Å². The Hall–Kier alpha value is -2.21. The Kier molecular flexibility index (Phi) is 6.09. The van der Waals surface area contributed by atoms with Gasteiger partial charge in [-0.2, -0.15) is 5.10 Å². The summed E-state index contributed by atoms with van der Waals surface area (Å²) >= 11 is 0. The van der Waals surface area contributed by atoms with E-state index in [0.29, 0.717) is 18.0 Å². The van der Waals surface area contributed by atoms with E-state index in [1.54, 1.807) is 23.1 Å². The minimum Gasteiger partial charge on any atom is -0.396 e. The molecule has 1 atom stereocenters. The first-order chi connectivity index (χ1) is 10.7. The molecule has 6 nitrogen and oxygen atoms in total. The van der Waals surface area contributed by atoms with E-state index >= 15 is 0 Å². The molecule has 6 heteroatoms. The molecule has 1 aromatic heterocycles. The molecule has 0 fully saturated rings. The summed E-state index contributed by atoms with van der Waals surface area (Å²) in [5.74, 6) is 0.234. The Morgan fingerprint density at radius 2 is 2.09 bits per heavy atom. The molecule has 2 aromatic rings. The largest absolute Gasteiger partial charge is 0.396 e. The number of amides is 1. The topological polar surface area (TPSA) is 80.0 Å². The van der Waals surface area contributed by atoms with Crippen LogP contribution in [0.1, 0.15) is 36.5 Å². The van der Waals surface area contributed by atoms with Crippen LogP contribution in [0.2, 0.25) is 0 Å². The lowest BCUT2D eigenvalue weighted by Crippen LogP contribution is -2.29. The van der Waals surface area contributed by atoms with Crippen LogP contribution >= 0.6 is 0 Å². The number of hydrogen-bond donors (Lipinski definition) is 2. The van der Waals surface area contributed by atoms with Gasteiger partial charge in [0.2, 0.25) is 0 Å². The second kappa shape index (κ2) is 8.29. The zero-order chi connectivity index (χ0) is 15.8. The summed E-state index contributed by atoms with van der Waals surface area (Å²) in [5, 5.41) is 16.0. The molecule has 0 aliphatic carbocycles. The molecule has 0 radical (unpaired) electrons. The number of hydrogen-bond acceptors (Lipinski definition) is 4. The predicted octanol–water partition coefficient (Wildman–Crippen LogP) is 1.80. The van der Waals surface area contributed by atoms with Crippen LogP contribution in [0.3, 0.4) is 0 Å². The maximum atomic E-state index is 12.1. The van der Waals surface area contributed by atoms with E-state index < -0.39 is 0 Å². The highest BCUT2D eigenvalue weighted by molar-refractivity contribution is 5.94. The van der Waals surface area contributed by atoms with E-state index in [2.05, 4.69) is 22.3 Å². The van der Waals surface area contributed by atoms with Crippen molar-refractivity contribution in [3.05, 3.63) is 42.5 Å². The van der Waals surface area contributed by atoms with Crippen molar-refractivity contribution in [3.8, 4) is 5.69 Å². The van der Waals surface area contributed by atoms with Gasteiger partial charge in [-0.25, -0.2) is 9.67 Å². The fourth-order valence-corrected chi connectivity index (χ4v) is 2.39. The Morgan fingerprint density at radius 1 is 1.32 bits per heavy atom. The van der Waals surface area contributed by atoms with E-state index in [1.807, 2.05) is 12.1 Å². The van der Waals surface area contributed by atoms with Crippen molar-refractivity contribution in [2.24, 2.45) is 5.92 Å². The molecule has 22 heavy (non-hydrogen) atoms. The predicted molar refractivity (Wildman–Crippen MR) is 83.8 cm³/mol. The quantitative estimate of drug-likeness (QED) is 0.779. The van der Waals surface area contributed by atoms with Gasteiger partial charge >= 0.3 is 0 Å². The molecule has 0 saturated heterocycles. The second-order valence-corrected chi connectivity index (χ2v) is 5.26. The van der Waals surface area contributed by atoms with Crippen LogP contribution in [-0.2, 0) is 0 Å². The van der Waals surface area contributed by atoms with Crippen LogP contribution in [0.15, 0.2) is 36.9 Å². The summed E-state index contributed by atoms with van der Waals surface area (Å²) in [6, 6.07) is 7.21. The van der Waals surface area contributed by atoms with E-state index in [9.17, 15) is 4.79 Å². The lowest BCUT2D eigenvalue weighted by Gasteiger charge is -2.15. The normalized spacial score (nSPS) is 12.1. The van der Waals surface area contributed by atoms with Crippen molar-refractivity contribution in [1.29, 1.82) is 0 Å². The molecule has 1 aromatic carbocycles. The zero-order valence-electron chi connectivity index (χ0n) is 12.8. The average molecular weight is 302 g/mol. The number of carbonyl (C=O) groups is 1. The molecule has 0 saturated carbocycles. The molecule has 2 rings (SSSR count). The van der Waals surface area contributed by atoms with Crippen LogP contribution < -0.4 is 5.32 Å². The number of aliphatic hydroxyl groups excluding tert-OH is 1. The Bertz CT molecular complexity index is 560. The molecule has 2 N–H and O–H groups in total. The molecule has 1 unspecified atom stereocenters. The van der Waals surface area contributed by atoms with Gasteiger partial charge in [-0.05, 0) is 43.0 Å². The highest BCUT2D eigenvalue weighted by Crippen LogP contribution is 2.11. The Balaban J connectivity index is 1.92. The molecule has 1 heterocycles. The Morgan fingerprint density at radius 3 is 2.68 bits per heavy atom. The molecule has 0 aliphatic rings. The number of aliphatic hydroxyl groups is 1. The van der Waals surface area contributed by atoms with Crippen molar-refractivity contribution < 1.29 is 9.90 Å². The maximum absolute atomic E-state index is 12.1. The average Bonchev–Trinajstić information content (AvgIpc) is 3.07. The summed E-state index contributed by atoms with van der Waals surface area (Å²) in [7, 11) is 0. The highest BCUT2D eigenvalue weighted by atomic mass is 16.3. The minimum absolute atomic E-state index is 0.0933. The fourth-order valence-electron chi connectivity index (χ4n) is 2.39. The summed E-state index contributed by atoms with van der Waals surface area (Å²) in [6.07, 6.45) is 5.85. The third-order valence-corrected chi connectivity index (χ3v) is 3.60. The van der Waals surface area contributed by atoms with Crippen molar-refractivity contribution in [2.75, 3.05) is 13.2 Å². The lowest BCUT2D eigenvalue weighted by atomic mass is 10.00. The van der Waals surface area contributed by atoms with Crippen molar-refractivity contribution in [2.45, 2.75) is 26.2 Å². The third kappa shape index (κ3) is 4.39. The smallest absolute Gasteiger partial charge is 0.251 e. The number of nitrogens with one attached hydrogen (secondary N) is 1. The first kappa shape index (κ1) is 16.2. The monoisotopic (exact) mass is 302 g/mol. The summed E-state index contributed by atoms with van der Waals surface area (Å²) < 4.78 is 1.64. The summed E-state index contributed by atoms with van der Waals surface area (Å²) in [6.45, 7) is 2.86. The van der Waals surface area contributed by atoms with Gasteiger partial charge in [-0.3, -0.25) is 4.79 Å². The van der Waals surface area contributed by atoms with Crippen LogP contribution in [0, 0.1) is 5.92 Å². The molecule has 0 aliphatic heterocycles. The molecule has 0 spiro atoms. The van der Waals surface area contributed by atoms with Gasteiger partial charge in [0.15, 0.2) is 0 Å². The van der Waals surface area contributed by atoms with Crippen molar-refractivity contribution in [3.63, 3.8) is 0 Å². The van der Waals surface area contributed by atoms with Gasteiger partial charge in [0.25, 0.3) is 5.91 Å². The molecular formula is C16H22N4O2. The molecular weight excluding hydrogens is 280 g/mol. The van der Waals surface area contributed by atoms with Crippen molar-refractivity contribution in [1.82, 2.24) is 20.1 Å². The SMILES string of the molecule is CCCC(CCO)CNC(=O)c1ccc(-n2cncn2)cc1. The first-order valence-electron chi connectivity index (χ1n) is 7.58. The Labute approximate surface area is 130 Å². The highest BCUT2D eigenvalue weighted by Gasteiger charge is 2.11. The molecule has 1 amide bonds. The number of nitrogens with zero attached hydrogens (tertiary/aromatic N) is 3. The minimum atomic E-state index is -0.0933. The number of carbonyl (C=O) groups excluding carboxylic acids is 1. The van der Waals surface area contributed by atoms with Gasteiger partial charge in [0.05, 0.1) is 5.69 Å². The first-order valence-corrected chi connectivity index (χ1v) is 7.58. The second-order valence-electron chi connectivity index (χ2n) is 5.26. The van der Waals surface area contributed by atoms with Gasteiger partial charge in [-0.1, -0.05) is 13.3 Å². The summed E-state index contributed by atoms with van der Waals surface area (Å²) in [5.41, 5.74) is 1.47. The molecule has 118 valence electrons. The van der Waals surface area contributed by atoms with Gasteiger partial charge in [0, 0.05) is 18.7 Å². The van der Waals surface area contributed by atoms with Gasteiger partial charge < -0.3 is 10.4 Å². The number of aromatic nitrogens is 3. The zero-order valence-corrected chi connectivity index (χ0v) is 12.8. The van der Waals surface area contributed by atoms with Crippen LogP contribution in [0.4, 0.5) is 0 Å². The van der Waals surface area contributed by atoms with E-state index in [0.717, 1.165) is 24.9 Å².